The number of unbranched alkanes of at least 4 members (excludes halogenated alkanes) is 1. The number of carboxylic acids is 4. The van der Waals surface area contributed by atoms with Crippen LogP contribution in [0.3, 0.4) is 0 Å². The van der Waals surface area contributed by atoms with Gasteiger partial charge in [0.2, 0.25) is 35.4 Å². The average molecular weight is 789 g/mol. The van der Waals surface area contributed by atoms with Gasteiger partial charge in [-0.1, -0.05) is 30.3 Å². The van der Waals surface area contributed by atoms with Crippen molar-refractivity contribution in [3.05, 3.63) is 42.5 Å². The Balaban J connectivity index is 2.30. The standard InChI is InChI=1S/C34H44N8O14/c35-10-4-3-7-20(30(52)37-19-9-8-17-5-1-2-6-18(17)11-19)39-32(54)22(13-27(46)47)41-34(56)24(15-29(50)51)42-33(55)23(14-28(48)49)40-31(53)21(12-26(44)45)38-25(43)16-36/h1-2,5-6,8-9,11,20-24H,3-4,7,10,12-16,35-36H2,(H,37,52)(H,38,43)(H,39,54)(H,40,53)(H,41,56)(H,42,55)(H,44,45)(H,46,47)(H,48,49)(H,50,51). The first-order valence-corrected chi connectivity index (χ1v) is 17.0. The Hall–Kier alpha value is -6.68. The van der Waals surface area contributed by atoms with Crippen LogP contribution >= 0.6 is 0 Å². The first-order valence-electron chi connectivity index (χ1n) is 17.0. The number of hydrogen-bond acceptors (Lipinski definition) is 12. The molecule has 0 aliphatic rings. The molecule has 5 atom stereocenters. The number of amides is 6. The lowest BCUT2D eigenvalue weighted by Gasteiger charge is -2.26. The Morgan fingerprint density at radius 1 is 0.500 bits per heavy atom. The number of nitrogens with two attached hydrogens (primary N) is 2. The van der Waals surface area contributed by atoms with Crippen LogP contribution in [0.15, 0.2) is 42.5 Å². The van der Waals surface area contributed by atoms with Crippen molar-refractivity contribution in [1.29, 1.82) is 0 Å². The Kier molecular flexibility index (Phi) is 18.3. The Morgan fingerprint density at radius 2 is 0.911 bits per heavy atom. The van der Waals surface area contributed by atoms with Crippen LogP contribution in [0.4, 0.5) is 5.69 Å². The molecule has 22 nitrogen and oxygen atoms in total. The second kappa shape index (κ2) is 22.5. The van der Waals surface area contributed by atoms with E-state index in [2.05, 4.69) is 10.6 Å². The van der Waals surface area contributed by atoms with Gasteiger partial charge in [0, 0.05) is 5.69 Å². The minimum absolute atomic E-state index is 0.0354. The van der Waals surface area contributed by atoms with E-state index in [-0.39, 0.29) is 13.0 Å². The second-order valence-corrected chi connectivity index (χ2v) is 12.3. The van der Waals surface area contributed by atoms with E-state index in [0.717, 1.165) is 10.8 Å². The molecule has 14 N–H and O–H groups in total. The summed E-state index contributed by atoms with van der Waals surface area (Å²) in [5, 5.41) is 52.1. The van der Waals surface area contributed by atoms with Gasteiger partial charge in [-0.2, -0.15) is 0 Å². The highest BCUT2D eigenvalue weighted by Crippen LogP contribution is 2.19. The van der Waals surface area contributed by atoms with Crippen LogP contribution in [-0.4, -0.2) is 123 Å². The van der Waals surface area contributed by atoms with Gasteiger partial charge in [-0.25, -0.2) is 0 Å². The highest BCUT2D eigenvalue weighted by molar-refractivity contribution is 6.02. The van der Waals surface area contributed by atoms with Crippen molar-refractivity contribution in [2.24, 2.45) is 11.5 Å². The van der Waals surface area contributed by atoms with Gasteiger partial charge in [-0.15, -0.1) is 0 Å². The number of anilines is 1. The van der Waals surface area contributed by atoms with Crippen LogP contribution in [0.2, 0.25) is 0 Å². The first kappa shape index (κ1) is 45.5. The van der Waals surface area contributed by atoms with Gasteiger partial charge >= 0.3 is 23.9 Å². The van der Waals surface area contributed by atoms with Gasteiger partial charge in [0.15, 0.2) is 0 Å². The maximum atomic E-state index is 13.5. The highest BCUT2D eigenvalue weighted by Gasteiger charge is 2.35. The largest absolute Gasteiger partial charge is 0.481 e. The molecule has 22 heteroatoms. The number of rotatable bonds is 24. The molecule has 0 aromatic heterocycles. The monoisotopic (exact) mass is 788 g/mol. The second-order valence-electron chi connectivity index (χ2n) is 12.3. The molecule has 5 unspecified atom stereocenters. The van der Waals surface area contributed by atoms with Gasteiger partial charge in [-0.3, -0.25) is 47.9 Å². The highest BCUT2D eigenvalue weighted by atomic mass is 16.4. The van der Waals surface area contributed by atoms with E-state index < -0.39 is 122 Å². The SMILES string of the molecule is NCCCCC(NC(=O)C(CC(=O)O)NC(=O)C(CC(=O)O)NC(=O)C(CC(=O)O)NC(=O)C(CC(=O)O)NC(=O)CN)C(=O)Nc1ccc2ccccc2c1. The maximum absolute atomic E-state index is 13.5. The summed E-state index contributed by atoms with van der Waals surface area (Å²) in [6.45, 7) is -0.408. The number of carbonyl (C=O) groups excluding carboxylic acids is 6. The fourth-order valence-electron chi connectivity index (χ4n) is 5.14. The maximum Gasteiger partial charge on any atom is 0.305 e. The van der Waals surface area contributed by atoms with E-state index in [1.165, 1.54) is 0 Å². The third-order valence-corrected chi connectivity index (χ3v) is 7.85. The molecule has 0 spiro atoms. The summed E-state index contributed by atoms with van der Waals surface area (Å²) in [4.78, 5) is 124. The summed E-state index contributed by atoms with van der Waals surface area (Å²) in [6, 6.07) is 3.13. The van der Waals surface area contributed by atoms with Crippen LogP contribution in [-0.2, 0) is 47.9 Å². The number of aliphatic carboxylic acids is 4. The molecular formula is C34H44N8O14. The Morgan fingerprint density at radius 3 is 1.32 bits per heavy atom. The summed E-state index contributed by atoms with van der Waals surface area (Å²) in [5.41, 5.74) is 11.1. The van der Waals surface area contributed by atoms with Gasteiger partial charge in [0.1, 0.15) is 30.2 Å². The van der Waals surface area contributed by atoms with E-state index in [0.29, 0.717) is 18.5 Å². The minimum Gasteiger partial charge on any atom is -0.481 e. The fourth-order valence-corrected chi connectivity index (χ4v) is 5.14. The van der Waals surface area contributed by atoms with E-state index >= 15 is 0 Å². The summed E-state index contributed by atoms with van der Waals surface area (Å²) in [5.74, 6) is -13.6. The molecule has 0 aliphatic heterocycles. The van der Waals surface area contributed by atoms with Crippen molar-refractivity contribution in [3.8, 4) is 0 Å². The lowest BCUT2D eigenvalue weighted by atomic mass is 10.1. The Labute approximate surface area is 318 Å². The number of carbonyl (C=O) groups is 10. The zero-order chi connectivity index (χ0) is 41.9. The van der Waals surface area contributed by atoms with Gasteiger partial charge in [-0.05, 0) is 48.7 Å². The molecule has 2 aromatic rings. The summed E-state index contributed by atoms with van der Waals surface area (Å²) in [6.07, 6.45) is -3.64. The normalized spacial score (nSPS) is 13.4. The van der Waals surface area contributed by atoms with Gasteiger partial charge in [0.05, 0.1) is 32.2 Å². The number of benzene rings is 2. The van der Waals surface area contributed by atoms with Crippen molar-refractivity contribution < 1.29 is 68.4 Å². The van der Waals surface area contributed by atoms with E-state index in [4.69, 9.17) is 16.6 Å². The predicted octanol–water partition coefficient (Wildman–Crippen LogP) is -2.81. The molecule has 2 rings (SSSR count). The minimum atomic E-state index is -2.11. The molecule has 304 valence electrons. The number of carboxylic acid groups (broad SMARTS) is 4. The first-order chi connectivity index (χ1) is 26.4. The fraction of sp³-hybridized carbons (Fsp3) is 0.412. The van der Waals surface area contributed by atoms with E-state index in [9.17, 15) is 63.3 Å². The summed E-state index contributed by atoms with van der Waals surface area (Å²) < 4.78 is 0. The van der Waals surface area contributed by atoms with Crippen LogP contribution in [0.1, 0.15) is 44.9 Å². The van der Waals surface area contributed by atoms with Crippen molar-refractivity contribution in [3.63, 3.8) is 0 Å². The summed E-state index contributed by atoms with van der Waals surface area (Å²) >= 11 is 0. The quantitative estimate of drug-likeness (QED) is 0.0478. The summed E-state index contributed by atoms with van der Waals surface area (Å²) in [7, 11) is 0. The van der Waals surface area contributed by atoms with Crippen LogP contribution in [0.25, 0.3) is 10.8 Å². The van der Waals surface area contributed by atoms with E-state index in [1.54, 1.807) is 24.3 Å². The number of fused-ring (bicyclic) bond motifs is 1. The Bertz CT molecular complexity index is 1800. The van der Waals surface area contributed by atoms with Crippen LogP contribution in [0.5, 0.6) is 0 Å². The molecule has 6 amide bonds. The van der Waals surface area contributed by atoms with Gasteiger partial charge in [0.25, 0.3) is 0 Å². The molecule has 56 heavy (non-hydrogen) atoms. The van der Waals surface area contributed by atoms with Crippen molar-refractivity contribution in [2.45, 2.75) is 75.2 Å². The smallest absolute Gasteiger partial charge is 0.305 e. The molecule has 0 aliphatic carbocycles. The number of nitrogens with one attached hydrogen (secondary N) is 6. The molecule has 0 fully saturated rings. The lowest BCUT2D eigenvalue weighted by Crippen LogP contribution is -2.60. The zero-order valence-corrected chi connectivity index (χ0v) is 29.8. The van der Waals surface area contributed by atoms with Crippen molar-refractivity contribution >= 4 is 75.8 Å². The van der Waals surface area contributed by atoms with Gasteiger partial charge < -0.3 is 63.8 Å². The average Bonchev–Trinajstić information content (AvgIpc) is 3.12. The molecular weight excluding hydrogens is 744 g/mol. The van der Waals surface area contributed by atoms with Crippen LogP contribution < -0.4 is 43.4 Å². The van der Waals surface area contributed by atoms with Crippen molar-refractivity contribution in [2.75, 3.05) is 18.4 Å². The molecule has 0 saturated heterocycles. The third-order valence-electron chi connectivity index (χ3n) is 7.85. The predicted molar refractivity (Wildman–Crippen MR) is 193 cm³/mol. The lowest BCUT2D eigenvalue weighted by molar-refractivity contribution is -0.145. The molecule has 0 bridgehead atoms. The topological polar surface area (TPSA) is 376 Å². The molecule has 0 radical (unpaired) electrons. The van der Waals surface area contributed by atoms with Crippen LogP contribution in [0, 0.1) is 0 Å². The zero-order valence-electron chi connectivity index (χ0n) is 29.8. The van der Waals surface area contributed by atoms with E-state index in [1.807, 2.05) is 39.5 Å². The third kappa shape index (κ3) is 15.7. The molecule has 0 heterocycles. The van der Waals surface area contributed by atoms with Crippen molar-refractivity contribution in [1.82, 2.24) is 26.6 Å². The molecule has 2 aromatic carbocycles. The molecule has 0 saturated carbocycles. The number of hydrogen-bond donors (Lipinski definition) is 12.